The minimum Gasteiger partial charge on any atom is -0.422 e. The number of nitro groups is 1. The van der Waals surface area contributed by atoms with Crippen LogP contribution in [0.5, 0.6) is 5.75 Å². The molecule has 0 amide bonds. The standard InChI is InChI=1S/C11H11NO5/c1-2-3-11(14)17-10-7-5-8(12(15)16)4-6-9(10)13/h4-7H,2-3H2,1H3. The Kier molecular flexibility index (Phi) is 4.33. The lowest BCUT2D eigenvalue weighted by atomic mass is 10.3. The molecule has 0 aliphatic carbocycles. The summed E-state index contributed by atoms with van der Waals surface area (Å²) in [4.78, 5) is 32.5. The second kappa shape index (κ2) is 5.74. The van der Waals surface area contributed by atoms with Crippen molar-refractivity contribution in [1.29, 1.82) is 0 Å². The third kappa shape index (κ3) is 3.67. The van der Waals surface area contributed by atoms with E-state index in [9.17, 15) is 19.7 Å². The molecule has 0 spiro atoms. The molecule has 0 bridgehead atoms. The first-order valence-corrected chi connectivity index (χ1v) is 5.04. The molecule has 0 saturated heterocycles. The van der Waals surface area contributed by atoms with E-state index in [-0.39, 0.29) is 17.9 Å². The number of nitrogens with zero attached hydrogens (tertiary/aromatic N) is 1. The Morgan fingerprint density at radius 1 is 1.35 bits per heavy atom. The van der Waals surface area contributed by atoms with Gasteiger partial charge < -0.3 is 4.74 Å². The van der Waals surface area contributed by atoms with Crippen LogP contribution in [0.15, 0.2) is 29.1 Å². The summed E-state index contributed by atoms with van der Waals surface area (Å²) < 4.78 is 4.81. The molecule has 0 aliphatic heterocycles. The molecule has 0 radical (unpaired) electrons. The van der Waals surface area contributed by atoms with E-state index in [2.05, 4.69) is 0 Å². The molecule has 0 N–H and O–H groups in total. The average molecular weight is 237 g/mol. The van der Waals surface area contributed by atoms with Crippen LogP contribution in [0.25, 0.3) is 0 Å². The van der Waals surface area contributed by atoms with Crippen LogP contribution in [0.3, 0.4) is 0 Å². The highest BCUT2D eigenvalue weighted by Gasteiger charge is 2.08. The van der Waals surface area contributed by atoms with Crippen molar-refractivity contribution in [3.8, 4) is 5.75 Å². The Hall–Kier alpha value is -2.24. The highest BCUT2D eigenvalue weighted by atomic mass is 16.6. The van der Waals surface area contributed by atoms with E-state index >= 15 is 0 Å². The predicted molar refractivity (Wildman–Crippen MR) is 59.9 cm³/mol. The molecular formula is C11H11NO5. The van der Waals surface area contributed by atoms with E-state index < -0.39 is 16.3 Å². The smallest absolute Gasteiger partial charge is 0.311 e. The second-order valence-corrected chi connectivity index (χ2v) is 3.30. The summed E-state index contributed by atoms with van der Waals surface area (Å²) in [6.45, 7) is 1.80. The van der Waals surface area contributed by atoms with E-state index in [1.165, 1.54) is 0 Å². The molecule has 0 atom stereocenters. The lowest BCUT2D eigenvalue weighted by molar-refractivity contribution is -0.384. The fourth-order valence-corrected chi connectivity index (χ4v) is 1.13. The molecule has 0 fully saturated rings. The van der Waals surface area contributed by atoms with Gasteiger partial charge >= 0.3 is 5.97 Å². The molecule has 1 aromatic rings. The Morgan fingerprint density at radius 3 is 2.59 bits per heavy atom. The zero-order valence-corrected chi connectivity index (χ0v) is 9.21. The number of rotatable bonds is 4. The van der Waals surface area contributed by atoms with Crippen LogP contribution >= 0.6 is 0 Å². The van der Waals surface area contributed by atoms with Crippen molar-refractivity contribution in [2.45, 2.75) is 19.8 Å². The van der Waals surface area contributed by atoms with Gasteiger partial charge in [-0.3, -0.25) is 19.7 Å². The van der Waals surface area contributed by atoms with Gasteiger partial charge in [0.05, 0.1) is 4.92 Å². The lowest BCUT2D eigenvalue weighted by Gasteiger charge is -1.98. The van der Waals surface area contributed by atoms with Gasteiger partial charge in [0, 0.05) is 18.6 Å². The number of ether oxygens (including phenoxy) is 1. The van der Waals surface area contributed by atoms with Gasteiger partial charge in [-0.1, -0.05) is 6.92 Å². The summed E-state index contributed by atoms with van der Waals surface area (Å²) >= 11 is 0. The second-order valence-electron chi connectivity index (χ2n) is 3.30. The average Bonchev–Trinajstić information content (AvgIpc) is 2.43. The summed E-state index contributed by atoms with van der Waals surface area (Å²) in [6.07, 6.45) is 0.798. The minimum atomic E-state index is -0.628. The van der Waals surface area contributed by atoms with E-state index in [0.29, 0.717) is 6.42 Å². The van der Waals surface area contributed by atoms with Crippen molar-refractivity contribution in [2.75, 3.05) is 0 Å². The van der Waals surface area contributed by atoms with Crippen LogP contribution < -0.4 is 10.2 Å². The molecule has 6 nitrogen and oxygen atoms in total. The maximum absolute atomic E-state index is 11.4. The van der Waals surface area contributed by atoms with Crippen molar-refractivity contribution < 1.29 is 14.5 Å². The molecule has 0 heterocycles. The number of hydrogen-bond acceptors (Lipinski definition) is 5. The van der Waals surface area contributed by atoms with Crippen molar-refractivity contribution in [2.24, 2.45) is 0 Å². The van der Waals surface area contributed by atoms with Gasteiger partial charge in [0.2, 0.25) is 5.43 Å². The fraction of sp³-hybridized carbons (Fsp3) is 0.273. The van der Waals surface area contributed by atoms with Gasteiger partial charge in [-0.25, -0.2) is 0 Å². The first-order valence-electron chi connectivity index (χ1n) is 5.04. The van der Waals surface area contributed by atoms with Crippen molar-refractivity contribution in [3.05, 3.63) is 44.6 Å². The zero-order chi connectivity index (χ0) is 12.8. The highest BCUT2D eigenvalue weighted by molar-refractivity contribution is 5.72. The largest absolute Gasteiger partial charge is 0.422 e. The topological polar surface area (TPSA) is 86.5 Å². The number of hydrogen-bond donors (Lipinski definition) is 0. The SMILES string of the molecule is CCCC(=O)Oc1ccc([N+](=O)[O-])ccc1=O. The summed E-state index contributed by atoms with van der Waals surface area (Å²) in [5.74, 6) is -0.727. The van der Waals surface area contributed by atoms with Gasteiger partial charge in [-0.2, -0.15) is 0 Å². The number of carbonyl (C=O) groups excluding carboxylic acids is 1. The van der Waals surface area contributed by atoms with E-state index in [0.717, 1.165) is 24.3 Å². The maximum atomic E-state index is 11.4. The summed E-state index contributed by atoms with van der Waals surface area (Å²) in [7, 11) is 0. The Morgan fingerprint density at radius 2 is 2.00 bits per heavy atom. The quantitative estimate of drug-likeness (QED) is 0.451. The third-order valence-electron chi connectivity index (χ3n) is 1.94. The van der Waals surface area contributed by atoms with Crippen LogP contribution in [0.1, 0.15) is 19.8 Å². The van der Waals surface area contributed by atoms with Crippen LogP contribution in [0.2, 0.25) is 0 Å². The molecule has 0 aromatic heterocycles. The number of esters is 1. The van der Waals surface area contributed by atoms with Crippen LogP contribution in [0, 0.1) is 10.1 Å². The van der Waals surface area contributed by atoms with Gasteiger partial charge in [-0.15, -0.1) is 0 Å². The summed E-state index contributed by atoms with van der Waals surface area (Å²) in [5, 5.41) is 10.5. The van der Waals surface area contributed by atoms with Crippen LogP contribution in [0.4, 0.5) is 5.69 Å². The molecule has 0 aliphatic rings. The summed E-state index contributed by atoms with van der Waals surface area (Å²) in [5.41, 5.74) is -0.803. The predicted octanol–water partition coefficient (Wildman–Crippen LogP) is 1.66. The molecule has 90 valence electrons. The van der Waals surface area contributed by atoms with Gasteiger partial charge in [0.15, 0.2) is 5.75 Å². The molecule has 17 heavy (non-hydrogen) atoms. The molecule has 1 rings (SSSR count). The molecule has 0 unspecified atom stereocenters. The Labute approximate surface area is 97.0 Å². The van der Waals surface area contributed by atoms with E-state index in [4.69, 9.17) is 4.74 Å². The van der Waals surface area contributed by atoms with Gasteiger partial charge in [0.25, 0.3) is 5.69 Å². The molecule has 1 aromatic carbocycles. The summed E-state index contributed by atoms with van der Waals surface area (Å²) in [6, 6.07) is 4.33. The fourth-order valence-electron chi connectivity index (χ4n) is 1.13. The molecule has 6 heteroatoms. The maximum Gasteiger partial charge on any atom is 0.311 e. The Balaban J connectivity index is 3.02. The molecule has 0 saturated carbocycles. The highest BCUT2D eigenvalue weighted by Crippen LogP contribution is 2.11. The van der Waals surface area contributed by atoms with E-state index in [1.807, 2.05) is 0 Å². The minimum absolute atomic E-state index is 0.195. The first kappa shape index (κ1) is 12.8. The number of carbonyl (C=O) groups is 1. The van der Waals surface area contributed by atoms with Gasteiger partial charge in [-0.05, 0) is 18.6 Å². The Bertz CT molecular complexity index is 497. The first-order chi connectivity index (χ1) is 8.04. The van der Waals surface area contributed by atoms with Crippen LogP contribution in [-0.4, -0.2) is 10.9 Å². The van der Waals surface area contributed by atoms with E-state index in [1.54, 1.807) is 6.92 Å². The van der Waals surface area contributed by atoms with Crippen molar-refractivity contribution in [3.63, 3.8) is 0 Å². The van der Waals surface area contributed by atoms with Crippen molar-refractivity contribution >= 4 is 11.7 Å². The zero-order valence-electron chi connectivity index (χ0n) is 9.21. The normalized spacial score (nSPS) is 9.71. The molecular weight excluding hydrogens is 226 g/mol. The third-order valence-corrected chi connectivity index (χ3v) is 1.94. The monoisotopic (exact) mass is 237 g/mol. The lowest BCUT2D eigenvalue weighted by Crippen LogP contribution is -2.12. The van der Waals surface area contributed by atoms with Crippen LogP contribution in [-0.2, 0) is 4.79 Å². The van der Waals surface area contributed by atoms with Gasteiger partial charge in [0.1, 0.15) is 0 Å². The van der Waals surface area contributed by atoms with Crippen molar-refractivity contribution in [1.82, 2.24) is 0 Å².